The Morgan fingerprint density at radius 1 is 1.25 bits per heavy atom. The number of nitrogens with zero attached hydrogens (tertiary/aromatic N) is 2. The van der Waals surface area contributed by atoms with Crippen molar-refractivity contribution in [3.05, 3.63) is 63.1 Å². The maximum Gasteiger partial charge on any atom is 0.0756 e. The second kappa shape index (κ2) is 7.68. The minimum absolute atomic E-state index is 0.199. The summed E-state index contributed by atoms with van der Waals surface area (Å²) in [5.41, 5.74) is 4.12. The van der Waals surface area contributed by atoms with Crippen LogP contribution in [0.2, 0.25) is 5.02 Å². The molecule has 1 aliphatic rings. The van der Waals surface area contributed by atoms with Gasteiger partial charge in [-0.05, 0) is 31.2 Å². The number of anilines is 1. The third-order valence-corrected chi connectivity index (χ3v) is 5.07. The Morgan fingerprint density at radius 3 is 2.79 bits per heavy atom. The van der Waals surface area contributed by atoms with Crippen LogP contribution in [-0.2, 0) is 4.74 Å². The molecule has 0 saturated carbocycles. The van der Waals surface area contributed by atoms with Crippen molar-refractivity contribution in [2.45, 2.75) is 13.0 Å². The van der Waals surface area contributed by atoms with Crippen LogP contribution < -0.4 is 4.90 Å². The fourth-order valence-corrected chi connectivity index (χ4v) is 3.49. The van der Waals surface area contributed by atoms with Crippen molar-refractivity contribution >= 4 is 38.9 Å². The molecule has 0 fully saturated rings. The number of likely N-dealkylation sites (N-methyl/N-ethyl adjacent to an activating group) is 1. The molecule has 24 heavy (non-hydrogen) atoms. The van der Waals surface area contributed by atoms with Crippen LogP contribution in [-0.4, -0.2) is 38.6 Å². The highest BCUT2D eigenvalue weighted by molar-refractivity contribution is 9.10. The number of rotatable bonds is 4. The van der Waals surface area contributed by atoms with E-state index >= 15 is 0 Å². The molecule has 0 bridgehead atoms. The number of benzene rings is 2. The molecule has 3 nitrogen and oxygen atoms in total. The van der Waals surface area contributed by atoms with Crippen LogP contribution in [0.5, 0.6) is 0 Å². The molecule has 0 spiro atoms. The van der Waals surface area contributed by atoms with Crippen molar-refractivity contribution < 1.29 is 4.74 Å². The molecule has 1 heterocycles. The molecule has 0 N–H and O–H groups in total. The summed E-state index contributed by atoms with van der Waals surface area (Å²) in [6.45, 7) is 4.05. The molecule has 5 heteroatoms. The van der Waals surface area contributed by atoms with Gasteiger partial charge in [0.25, 0.3) is 0 Å². The van der Waals surface area contributed by atoms with Crippen LogP contribution in [0, 0.1) is 0 Å². The molecule has 0 aromatic heterocycles. The fraction of sp³-hybridized carbons (Fsp3) is 0.316. The number of aliphatic imine (C=N–C) groups is 1. The molecule has 0 radical (unpaired) electrons. The SMILES string of the molecule is CCOCC1CN=C(c2ccccc2Cl)c2cc(Br)ccc2N1C. The van der Waals surface area contributed by atoms with E-state index in [2.05, 4.69) is 46.1 Å². The summed E-state index contributed by atoms with van der Waals surface area (Å²) in [6, 6.07) is 14.3. The number of hydrogen-bond donors (Lipinski definition) is 0. The van der Waals surface area contributed by atoms with Gasteiger partial charge in [0.2, 0.25) is 0 Å². The van der Waals surface area contributed by atoms with E-state index < -0.39 is 0 Å². The van der Waals surface area contributed by atoms with Gasteiger partial charge in [-0.3, -0.25) is 4.99 Å². The van der Waals surface area contributed by atoms with Gasteiger partial charge in [0.15, 0.2) is 0 Å². The maximum absolute atomic E-state index is 6.44. The topological polar surface area (TPSA) is 24.8 Å². The van der Waals surface area contributed by atoms with E-state index in [1.807, 2.05) is 31.2 Å². The highest BCUT2D eigenvalue weighted by atomic mass is 79.9. The highest BCUT2D eigenvalue weighted by Gasteiger charge is 2.25. The van der Waals surface area contributed by atoms with E-state index in [0.29, 0.717) is 24.8 Å². The van der Waals surface area contributed by atoms with Crippen molar-refractivity contribution in [1.29, 1.82) is 0 Å². The second-order valence-corrected chi connectivity index (χ2v) is 7.08. The number of fused-ring (bicyclic) bond motifs is 1. The minimum Gasteiger partial charge on any atom is -0.380 e. The summed E-state index contributed by atoms with van der Waals surface area (Å²) in [5, 5.41) is 0.716. The largest absolute Gasteiger partial charge is 0.380 e. The van der Waals surface area contributed by atoms with Gasteiger partial charge in [0.1, 0.15) is 0 Å². The summed E-state index contributed by atoms with van der Waals surface area (Å²) in [4.78, 5) is 7.17. The Labute approximate surface area is 156 Å². The highest BCUT2D eigenvalue weighted by Crippen LogP contribution is 2.32. The minimum atomic E-state index is 0.199. The lowest BCUT2D eigenvalue weighted by Gasteiger charge is -2.28. The van der Waals surface area contributed by atoms with Crippen molar-refractivity contribution in [2.75, 3.05) is 31.7 Å². The number of benzodiazepines with no additional fused rings is 1. The molecule has 126 valence electrons. The Hall–Kier alpha value is -1.36. The van der Waals surface area contributed by atoms with Gasteiger partial charge in [0.05, 0.1) is 24.9 Å². The number of halogens is 2. The summed E-state index contributed by atoms with van der Waals surface area (Å²) < 4.78 is 6.68. The molecular formula is C19H20BrClN2O. The van der Waals surface area contributed by atoms with Gasteiger partial charge < -0.3 is 9.64 Å². The zero-order valence-electron chi connectivity index (χ0n) is 13.8. The van der Waals surface area contributed by atoms with E-state index in [9.17, 15) is 0 Å². The lowest BCUT2D eigenvalue weighted by atomic mass is 10.00. The van der Waals surface area contributed by atoms with Gasteiger partial charge in [-0.25, -0.2) is 0 Å². The molecule has 0 amide bonds. The van der Waals surface area contributed by atoms with Gasteiger partial charge in [0, 0.05) is 40.0 Å². The molecule has 0 saturated heterocycles. The Balaban J connectivity index is 2.12. The smallest absolute Gasteiger partial charge is 0.0756 e. The molecule has 2 aromatic carbocycles. The van der Waals surface area contributed by atoms with E-state index in [1.54, 1.807) is 0 Å². The maximum atomic E-state index is 6.44. The lowest BCUT2D eigenvalue weighted by Crippen LogP contribution is -2.37. The lowest BCUT2D eigenvalue weighted by molar-refractivity contribution is 0.134. The van der Waals surface area contributed by atoms with Crippen LogP contribution in [0.4, 0.5) is 5.69 Å². The molecule has 0 aliphatic carbocycles. The van der Waals surface area contributed by atoms with Gasteiger partial charge in [-0.2, -0.15) is 0 Å². The monoisotopic (exact) mass is 406 g/mol. The molecule has 2 aromatic rings. The van der Waals surface area contributed by atoms with Crippen molar-refractivity contribution in [3.63, 3.8) is 0 Å². The molecule has 1 aliphatic heterocycles. The van der Waals surface area contributed by atoms with Crippen LogP contribution in [0.3, 0.4) is 0 Å². The van der Waals surface area contributed by atoms with E-state index in [4.69, 9.17) is 21.3 Å². The normalized spacial score (nSPS) is 17.2. The first-order valence-corrected chi connectivity index (χ1v) is 9.18. The number of ether oxygens (including phenoxy) is 1. The first-order valence-electron chi connectivity index (χ1n) is 8.01. The van der Waals surface area contributed by atoms with E-state index in [1.165, 1.54) is 0 Å². The fourth-order valence-electron chi connectivity index (χ4n) is 2.91. The van der Waals surface area contributed by atoms with E-state index in [0.717, 1.165) is 27.0 Å². The Kier molecular flexibility index (Phi) is 5.59. The zero-order valence-corrected chi connectivity index (χ0v) is 16.1. The first kappa shape index (κ1) is 17.5. The van der Waals surface area contributed by atoms with Crippen LogP contribution in [0.25, 0.3) is 0 Å². The molecule has 1 unspecified atom stereocenters. The number of hydrogen-bond acceptors (Lipinski definition) is 3. The predicted molar refractivity (Wildman–Crippen MR) is 105 cm³/mol. The Bertz CT molecular complexity index is 763. The predicted octanol–water partition coefficient (Wildman–Crippen LogP) is 4.79. The van der Waals surface area contributed by atoms with Crippen molar-refractivity contribution in [2.24, 2.45) is 4.99 Å². The standard InChI is InChI=1S/C19H20BrClN2O/c1-3-24-12-14-11-22-19(15-6-4-5-7-17(15)21)16-10-13(20)8-9-18(16)23(14)2/h4-10,14H,3,11-12H2,1-2H3. The second-order valence-electron chi connectivity index (χ2n) is 5.75. The van der Waals surface area contributed by atoms with Gasteiger partial charge in [-0.15, -0.1) is 0 Å². The quantitative estimate of drug-likeness (QED) is 0.727. The molecule has 1 atom stereocenters. The Morgan fingerprint density at radius 2 is 2.04 bits per heavy atom. The summed E-state index contributed by atoms with van der Waals surface area (Å²) in [6.07, 6.45) is 0. The van der Waals surface area contributed by atoms with E-state index in [-0.39, 0.29) is 6.04 Å². The average molecular weight is 408 g/mol. The first-order chi connectivity index (χ1) is 11.6. The van der Waals surface area contributed by atoms with Gasteiger partial charge in [-0.1, -0.05) is 45.7 Å². The molecule has 3 rings (SSSR count). The van der Waals surface area contributed by atoms with Crippen LogP contribution in [0.15, 0.2) is 51.9 Å². The summed E-state index contributed by atoms with van der Waals surface area (Å²) in [7, 11) is 2.10. The molecular weight excluding hydrogens is 388 g/mol. The van der Waals surface area contributed by atoms with Crippen molar-refractivity contribution in [1.82, 2.24) is 0 Å². The third-order valence-electron chi connectivity index (χ3n) is 4.24. The van der Waals surface area contributed by atoms with Crippen LogP contribution in [0.1, 0.15) is 18.1 Å². The zero-order chi connectivity index (χ0) is 17.1. The third kappa shape index (κ3) is 3.51. The van der Waals surface area contributed by atoms with Gasteiger partial charge >= 0.3 is 0 Å². The van der Waals surface area contributed by atoms with Crippen LogP contribution >= 0.6 is 27.5 Å². The summed E-state index contributed by atoms with van der Waals surface area (Å²) in [5.74, 6) is 0. The van der Waals surface area contributed by atoms with Crippen molar-refractivity contribution in [3.8, 4) is 0 Å². The summed E-state index contributed by atoms with van der Waals surface area (Å²) >= 11 is 10.0. The average Bonchev–Trinajstić information content (AvgIpc) is 2.71.